The second kappa shape index (κ2) is 4.02. The molecule has 0 rings (SSSR count). The minimum Gasteiger partial charge on any atom is -0.501 e. The van der Waals surface area contributed by atoms with Crippen LogP contribution < -0.4 is 5.73 Å². The zero-order valence-corrected chi connectivity index (χ0v) is 6.01. The highest BCUT2D eigenvalue weighted by molar-refractivity contribution is 5.94. The van der Waals surface area contributed by atoms with Gasteiger partial charge in [0.2, 0.25) is 5.78 Å². The quantitative estimate of drug-likeness (QED) is 0.378. The third kappa shape index (κ3) is 4.44. The first-order valence-corrected chi connectivity index (χ1v) is 2.97. The van der Waals surface area contributed by atoms with Gasteiger partial charge in [-0.3, -0.25) is 10.5 Å². The Hall–Kier alpha value is -0.970. The number of carbonyl (C=O) groups is 1. The molecule has 3 nitrogen and oxygen atoms in total. The smallest absolute Gasteiger partial charge is 0.363 e. The van der Waals surface area contributed by atoms with E-state index in [4.69, 9.17) is 0 Å². The minimum absolute atomic E-state index is 0.319. The van der Waals surface area contributed by atoms with Gasteiger partial charge >= 0.3 is 6.05 Å². The van der Waals surface area contributed by atoms with Gasteiger partial charge in [-0.25, -0.2) is 0 Å². The van der Waals surface area contributed by atoms with Crippen LogP contribution in [0.3, 0.4) is 0 Å². The number of nitrogens with two attached hydrogens (primary N) is 1. The summed E-state index contributed by atoms with van der Waals surface area (Å²) in [6.45, 7) is 1.98. The molecule has 5 heteroatoms. The number of rotatable bonds is 4. The summed E-state index contributed by atoms with van der Waals surface area (Å²) in [6.07, 6.45) is 1.49. The molecule has 64 valence electrons. The van der Waals surface area contributed by atoms with Crippen molar-refractivity contribution >= 4 is 5.78 Å². The van der Waals surface area contributed by atoms with Gasteiger partial charge in [0.1, 0.15) is 0 Å². The van der Waals surface area contributed by atoms with Crippen LogP contribution >= 0.6 is 0 Å². The molecule has 0 aliphatic rings. The van der Waals surface area contributed by atoms with E-state index in [0.29, 0.717) is 12.7 Å². The summed E-state index contributed by atoms with van der Waals surface area (Å²) >= 11 is 0. The number of halogens is 2. The van der Waals surface area contributed by atoms with E-state index >= 15 is 0 Å². The van der Waals surface area contributed by atoms with Gasteiger partial charge in [-0.1, -0.05) is 0 Å². The average Bonchev–Trinajstić information content (AvgIpc) is 1.86. The number of ether oxygens (including phenoxy) is 1. The third-order valence-corrected chi connectivity index (χ3v) is 0.811. The van der Waals surface area contributed by atoms with E-state index in [9.17, 15) is 13.6 Å². The molecule has 0 amide bonds. The Labute approximate surface area is 62.8 Å². The second-order valence-electron chi connectivity index (χ2n) is 1.75. The van der Waals surface area contributed by atoms with Crippen LogP contribution in [0.25, 0.3) is 0 Å². The lowest BCUT2D eigenvalue weighted by molar-refractivity contribution is -0.136. The number of hydrogen-bond acceptors (Lipinski definition) is 3. The minimum atomic E-state index is -3.80. The average molecular weight is 165 g/mol. The molecule has 0 aromatic heterocycles. The van der Waals surface area contributed by atoms with Crippen LogP contribution in [0, 0.1) is 0 Å². The van der Waals surface area contributed by atoms with Crippen LogP contribution in [0.2, 0.25) is 0 Å². The maximum absolute atomic E-state index is 11.9. The molecule has 0 fully saturated rings. The third-order valence-electron chi connectivity index (χ3n) is 0.811. The maximum Gasteiger partial charge on any atom is 0.363 e. The highest BCUT2D eigenvalue weighted by atomic mass is 19.3. The van der Waals surface area contributed by atoms with Crippen LogP contribution in [-0.2, 0) is 9.53 Å². The van der Waals surface area contributed by atoms with Crippen molar-refractivity contribution in [2.24, 2.45) is 5.73 Å². The zero-order valence-electron chi connectivity index (χ0n) is 6.01. The Morgan fingerprint density at radius 2 is 2.27 bits per heavy atom. The summed E-state index contributed by atoms with van der Waals surface area (Å²) in [6, 6.07) is -3.80. The van der Waals surface area contributed by atoms with Gasteiger partial charge in [0.05, 0.1) is 12.9 Å². The Morgan fingerprint density at radius 3 is 2.64 bits per heavy atom. The zero-order chi connectivity index (χ0) is 8.91. The molecule has 0 heterocycles. The lowest BCUT2D eigenvalue weighted by Gasteiger charge is -2.03. The molecule has 2 N–H and O–H groups in total. The molecule has 0 saturated heterocycles. The predicted octanol–water partition coefficient (Wildman–Crippen LogP) is 0.657. The Morgan fingerprint density at radius 1 is 1.73 bits per heavy atom. The molecule has 0 unspecified atom stereocenters. The van der Waals surface area contributed by atoms with Gasteiger partial charge in [-0.2, -0.15) is 8.78 Å². The highest BCUT2D eigenvalue weighted by Gasteiger charge is 2.30. The van der Waals surface area contributed by atoms with Crippen LogP contribution in [0.15, 0.2) is 12.3 Å². The summed E-state index contributed by atoms with van der Waals surface area (Å²) < 4.78 is 28.2. The maximum atomic E-state index is 11.9. The molecule has 11 heavy (non-hydrogen) atoms. The lowest BCUT2D eigenvalue weighted by atomic mass is 10.3. The molecular formula is C6H9F2NO2. The van der Waals surface area contributed by atoms with Crippen molar-refractivity contribution in [2.75, 3.05) is 6.61 Å². The largest absolute Gasteiger partial charge is 0.501 e. The summed E-state index contributed by atoms with van der Waals surface area (Å²) in [5.74, 6) is -1.47. The van der Waals surface area contributed by atoms with Crippen molar-refractivity contribution in [1.29, 1.82) is 0 Å². The van der Waals surface area contributed by atoms with Gasteiger partial charge in [0, 0.05) is 6.08 Å². The molecule has 0 bridgehead atoms. The van der Waals surface area contributed by atoms with Crippen molar-refractivity contribution in [3.05, 3.63) is 12.3 Å². The first-order chi connectivity index (χ1) is 4.98. The Balaban J connectivity index is 3.88. The molecule has 0 atom stereocenters. The van der Waals surface area contributed by atoms with Crippen LogP contribution in [0.5, 0.6) is 0 Å². The van der Waals surface area contributed by atoms with Crippen molar-refractivity contribution in [3.8, 4) is 0 Å². The summed E-state index contributed by atoms with van der Waals surface area (Å²) in [7, 11) is 0. The van der Waals surface area contributed by atoms with Crippen LogP contribution in [0.1, 0.15) is 6.92 Å². The number of carbonyl (C=O) groups excluding carboxylic acids is 1. The molecule has 0 aliphatic carbocycles. The van der Waals surface area contributed by atoms with Gasteiger partial charge in [-0.05, 0) is 6.92 Å². The van der Waals surface area contributed by atoms with Gasteiger partial charge < -0.3 is 4.74 Å². The van der Waals surface area contributed by atoms with E-state index in [1.54, 1.807) is 6.92 Å². The Kier molecular flexibility index (Phi) is 3.67. The van der Waals surface area contributed by atoms with Gasteiger partial charge in [0.25, 0.3) is 0 Å². The number of ketones is 1. The van der Waals surface area contributed by atoms with Crippen LogP contribution in [0.4, 0.5) is 8.78 Å². The van der Waals surface area contributed by atoms with Gasteiger partial charge in [0.15, 0.2) is 0 Å². The Bertz CT molecular complexity index is 162. The van der Waals surface area contributed by atoms with E-state index in [1.165, 1.54) is 0 Å². The fourth-order valence-electron chi connectivity index (χ4n) is 0.317. The van der Waals surface area contributed by atoms with E-state index < -0.39 is 11.8 Å². The second-order valence-corrected chi connectivity index (χ2v) is 1.75. The normalized spacial score (nSPS) is 12.0. The molecular weight excluding hydrogens is 156 g/mol. The van der Waals surface area contributed by atoms with E-state index in [-0.39, 0.29) is 0 Å². The van der Waals surface area contributed by atoms with E-state index in [1.807, 2.05) is 0 Å². The summed E-state index contributed by atoms with van der Waals surface area (Å²) in [5, 5.41) is 0. The monoisotopic (exact) mass is 165 g/mol. The highest BCUT2D eigenvalue weighted by Crippen LogP contribution is 2.05. The van der Waals surface area contributed by atoms with Crippen molar-refractivity contribution in [2.45, 2.75) is 13.0 Å². The standard InChI is InChI=1S/C6H9F2NO2/c1-2-11-4-3-5(10)6(7,8)9/h3-4H,2,9H2,1H3/b4-3+. The first-order valence-electron chi connectivity index (χ1n) is 2.97. The number of alkyl halides is 2. The summed E-state index contributed by atoms with van der Waals surface area (Å²) in [4.78, 5) is 10.3. The van der Waals surface area contributed by atoms with Crippen LogP contribution in [-0.4, -0.2) is 18.4 Å². The molecule has 0 aromatic rings. The van der Waals surface area contributed by atoms with Gasteiger partial charge in [-0.15, -0.1) is 0 Å². The fraction of sp³-hybridized carbons (Fsp3) is 0.500. The molecule has 0 spiro atoms. The molecule has 0 aliphatic heterocycles. The fourth-order valence-corrected chi connectivity index (χ4v) is 0.317. The van der Waals surface area contributed by atoms with E-state index in [0.717, 1.165) is 6.26 Å². The predicted molar refractivity (Wildman–Crippen MR) is 34.9 cm³/mol. The lowest BCUT2D eigenvalue weighted by Crippen LogP contribution is -2.37. The number of hydrogen-bond donors (Lipinski definition) is 1. The topological polar surface area (TPSA) is 52.3 Å². The summed E-state index contributed by atoms with van der Waals surface area (Å²) in [5.41, 5.74) is 4.17. The van der Waals surface area contributed by atoms with Crippen molar-refractivity contribution in [3.63, 3.8) is 0 Å². The van der Waals surface area contributed by atoms with Crippen molar-refractivity contribution < 1.29 is 18.3 Å². The molecule has 0 radical (unpaired) electrons. The SMILES string of the molecule is CCO/C=C/C(=O)C(N)(F)F. The van der Waals surface area contributed by atoms with Crippen molar-refractivity contribution in [1.82, 2.24) is 0 Å². The molecule has 0 aromatic carbocycles. The molecule has 0 saturated carbocycles. The first kappa shape index (κ1) is 10.0. The van der Waals surface area contributed by atoms with E-state index in [2.05, 4.69) is 10.5 Å².